The van der Waals surface area contributed by atoms with Crippen molar-refractivity contribution in [3.63, 3.8) is 0 Å². The van der Waals surface area contributed by atoms with Crippen LogP contribution in [0.5, 0.6) is 12.0 Å². The minimum absolute atomic E-state index is 0.0843. The van der Waals surface area contributed by atoms with Gasteiger partial charge in [0.25, 0.3) is 0 Å². The average Bonchev–Trinajstić information content (AvgIpc) is 3.27. The molecule has 0 radical (unpaired) electrons. The predicted octanol–water partition coefficient (Wildman–Crippen LogP) is 7.81. The molecule has 4 fully saturated rings. The third kappa shape index (κ3) is 16.8. The highest BCUT2D eigenvalue weighted by atomic mass is 16.5. The van der Waals surface area contributed by atoms with Gasteiger partial charge in [0, 0.05) is 113 Å². The fourth-order valence-electron chi connectivity index (χ4n) is 12.4. The zero-order chi connectivity index (χ0) is 60.4. The number of anilines is 4. The zero-order valence-electron chi connectivity index (χ0n) is 51.5. The first kappa shape index (κ1) is 63.7. The van der Waals surface area contributed by atoms with E-state index in [0.29, 0.717) is 89.2 Å². The number of ether oxygens (including phenoxy) is 4. The Morgan fingerprint density at radius 2 is 1.12 bits per heavy atom. The number of nitrogens with zero attached hydrogens (tertiary/aromatic N) is 13. The summed E-state index contributed by atoms with van der Waals surface area (Å²) < 4.78 is 22.1. The Kier molecular flexibility index (Phi) is 23.3. The van der Waals surface area contributed by atoms with Gasteiger partial charge in [-0.05, 0) is 141 Å². The van der Waals surface area contributed by atoms with E-state index in [4.69, 9.17) is 52.4 Å². The predicted molar refractivity (Wildman–Crippen MR) is 333 cm³/mol. The lowest BCUT2D eigenvalue weighted by molar-refractivity contribution is -0.131. The molecule has 6 aliphatic rings. The average molecular weight is 1160 g/mol. The van der Waals surface area contributed by atoms with Gasteiger partial charge in [-0.3, -0.25) is 4.79 Å². The third-order valence-corrected chi connectivity index (χ3v) is 17.6. The maximum atomic E-state index is 13.0. The summed E-state index contributed by atoms with van der Waals surface area (Å²) in [6, 6.07) is 14.5. The molecule has 20 nitrogen and oxygen atoms in total. The van der Waals surface area contributed by atoms with Crippen LogP contribution >= 0.6 is 0 Å². The molecular weight excluding hydrogens is 1070 g/mol. The molecule has 6 aliphatic heterocycles. The smallest absolute Gasteiger partial charge is 0.328 e. The first-order valence-electron chi connectivity index (χ1n) is 30.3. The van der Waals surface area contributed by atoms with Crippen LogP contribution in [0.15, 0.2) is 60.7 Å². The molecule has 0 spiro atoms. The van der Waals surface area contributed by atoms with Gasteiger partial charge in [0.15, 0.2) is 0 Å². The molecule has 85 heavy (non-hydrogen) atoms. The molecule has 456 valence electrons. The van der Waals surface area contributed by atoms with Crippen LogP contribution in [-0.4, -0.2) is 196 Å². The van der Waals surface area contributed by atoms with Crippen molar-refractivity contribution >= 4 is 34.9 Å². The maximum absolute atomic E-state index is 13.0. The van der Waals surface area contributed by atoms with Crippen molar-refractivity contribution < 1.29 is 33.6 Å². The summed E-state index contributed by atoms with van der Waals surface area (Å²) in [5, 5.41) is 8.00. The van der Waals surface area contributed by atoms with Gasteiger partial charge in [0.2, 0.25) is 19.0 Å². The van der Waals surface area contributed by atoms with Gasteiger partial charge in [-0.1, -0.05) is 36.4 Å². The summed E-state index contributed by atoms with van der Waals surface area (Å²) >= 11 is 0. The Morgan fingerprint density at radius 3 is 1.60 bits per heavy atom. The minimum atomic E-state index is -0.943. The van der Waals surface area contributed by atoms with Gasteiger partial charge in [-0.25, -0.2) is 17.9 Å². The van der Waals surface area contributed by atoms with Crippen molar-refractivity contribution in [1.82, 2.24) is 34.6 Å². The molecule has 1 amide bonds. The monoisotopic (exact) mass is 1160 g/mol. The molecule has 4 atom stereocenters. The highest BCUT2D eigenvalue weighted by Crippen LogP contribution is 2.37. The number of piperazine rings is 1. The van der Waals surface area contributed by atoms with Crippen molar-refractivity contribution in [3.8, 4) is 12.0 Å². The largest absolute Gasteiger partial charge is 0.478 e. The molecule has 10 rings (SSSR count). The van der Waals surface area contributed by atoms with Crippen LogP contribution in [-0.2, 0) is 45.0 Å². The van der Waals surface area contributed by atoms with E-state index in [2.05, 4.69) is 122 Å². The number of aryl methyl sites for hydroxylation is 2. The summed E-state index contributed by atoms with van der Waals surface area (Å²) in [5.41, 5.74) is 12.2. The number of carbonyl (C=O) groups is 2. The first-order chi connectivity index (χ1) is 41.2. The quantitative estimate of drug-likeness (QED) is 0.0754. The Hall–Kier alpha value is -7.36. The van der Waals surface area contributed by atoms with Crippen LogP contribution in [0.1, 0.15) is 83.3 Å². The molecule has 0 unspecified atom stereocenters. The lowest BCUT2D eigenvalue weighted by atomic mass is 9.96. The number of aromatic nitrogens is 4. The van der Waals surface area contributed by atoms with Crippen molar-refractivity contribution in [2.75, 3.05) is 146 Å². The fourth-order valence-corrected chi connectivity index (χ4v) is 12.4. The number of aliphatic carboxylic acids is 1. The number of fused-ring (bicyclic) bond motifs is 2. The number of carbonyl (C=O) groups excluding carboxylic acids is 1. The van der Waals surface area contributed by atoms with E-state index >= 15 is 0 Å². The molecule has 2 aromatic heterocycles. The number of carboxylic acids is 1. The van der Waals surface area contributed by atoms with Gasteiger partial charge < -0.3 is 68.0 Å². The van der Waals surface area contributed by atoms with E-state index in [-0.39, 0.29) is 18.5 Å². The number of amides is 1. The van der Waals surface area contributed by atoms with Gasteiger partial charge in [0.1, 0.15) is 30.9 Å². The van der Waals surface area contributed by atoms with Gasteiger partial charge >= 0.3 is 18.0 Å². The second-order valence-corrected chi connectivity index (χ2v) is 23.3. The summed E-state index contributed by atoms with van der Waals surface area (Å²) in [5.74, 6) is 1.31. The standard InChI is InChI=1S/C32H43N7O3.C28H38N6O.C5H8O3/c1-23-9-6-11-29(24(23)2)37-15-13-27-28(21-37)34-32(42-22-25-10-7-14-36(25)4)35-31(27)38-16-17-39(26(20-38)19-33-3)30(40)12-8-18-41-5;1-20-8-5-11-26(21(20)2)33-15-12-24-25(18-33)30-28(35-19-23-10-7-13-32(23)4)31-27(24)34-14-6-9-22(17-34)16-29-3;1-8-4-2-3-5(6)7/h6,8-9,11-12,25-26H,7,10,13-22H2,1-2,4-5H3;5,8,11,22-23H,6-7,9-10,12-19H2,1-2,4H3;2-3H,4H2,1H3,(H,6,7)/b12-8+;;3-2+/t25-,26-;22-,23-;/m00./s1. The number of hydrogen-bond acceptors (Lipinski definition) is 16. The highest BCUT2D eigenvalue weighted by molar-refractivity contribution is 5.88. The second-order valence-electron chi connectivity index (χ2n) is 23.3. The van der Waals surface area contributed by atoms with Crippen molar-refractivity contribution in [2.24, 2.45) is 5.92 Å². The van der Waals surface area contributed by atoms with Gasteiger partial charge in [-0.15, -0.1) is 0 Å². The number of likely N-dealkylation sites (tertiary alicyclic amines) is 2. The first-order valence-corrected chi connectivity index (χ1v) is 30.3. The Balaban J connectivity index is 0.000000198. The normalized spacial score (nSPS) is 20.7. The number of hydrogen-bond donors (Lipinski definition) is 1. The van der Waals surface area contributed by atoms with E-state index in [0.717, 1.165) is 113 Å². The number of carboxylic acid groups (broad SMARTS) is 1. The maximum Gasteiger partial charge on any atom is 0.328 e. The minimum Gasteiger partial charge on any atom is -0.478 e. The van der Waals surface area contributed by atoms with Crippen molar-refractivity contribution in [2.45, 2.75) is 110 Å². The van der Waals surface area contributed by atoms with Crippen LogP contribution < -0.4 is 29.1 Å². The van der Waals surface area contributed by atoms with Crippen LogP contribution in [0.25, 0.3) is 9.69 Å². The van der Waals surface area contributed by atoms with E-state index in [1.165, 1.54) is 71.6 Å². The van der Waals surface area contributed by atoms with E-state index in [1.807, 2.05) is 4.90 Å². The molecular formula is C65H89N13O7. The molecule has 0 aliphatic carbocycles. The fraction of sp³-hybridized carbons (Fsp3) is 0.569. The molecule has 0 saturated carbocycles. The molecule has 20 heteroatoms. The number of methoxy groups -OCH3 is 2. The summed E-state index contributed by atoms with van der Waals surface area (Å²) in [7, 11) is 7.42. The SMILES string of the molecule is COC/C=C/C(=O)O.[C-]#[N+]C[C@@H]1CCCN(c2nc(OC[C@@H]3CCCN3C)nc3c2CCN(c2cccc(C)c2C)C3)C1.[C-]#[N+]C[C@H]1CN(c2nc(OC[C@@H]3CCCN3C)nc3c2CCN(c2cccc(C)c2C)C3)CCN1C(=O)/C=C/COC. The number of rotatable bonds is 18. The van der Waals surface area contributed by atoms with E-state index < -0.39 is 5.97 Å². The molecule has 2 aromatic carbocycles. The Labute approximate surface area is 504 Å². The van der Waals surface area contributed by atoms with Gasteiger partial charge in [0.05, 0.1) is 37.7 Å². The summed E-state index contributed by atoms with van der Waals surface area (Å²) in [6.07, 6.45) is 14.4. The Morgan fingerprint density at radius 1 is 0.612 bits per heavy atom. The van der Waals surface area contributed by atoms with E-state index in [9.17, 15) is 9.59 Å². The number of piperidine rings is 1. The van der Waals surface area contributed by atoms with Crippen LogP contribution in [0.4, 0.5) is 23.0 Å². The van der Waals surface area contributed by atoms with Crippen LogP contribution in [0, 0.1) is 46.8 Å². The Bertz CT molecular complexity index is 3050. The van der Waals surface area contributed by atoms with Crippen molar-refractivity contribution in [1.29, 1.82) is 0 Å². The molecule has 0 bridgehead atoms. The number of likely N-dealkylation sites (N-methyl/N-ethyl adjacent to an activating group) is 2. The molecule has 4 saturated heterocycles. The molecule has 1 N–H and O–H groups in total. The third-order valence-electron chi connectivity index (χ3n) is 17.6. The summed E-state index contributed by atoms with van der Waals surface area (Å²) in [6.45, 7) is 35.5. The van der Waals surface area contributed by atoms with Crippen molar-refractivity contribution in [3.05, 3.63) is 128 Å². The van der Waals surface area contributed by atoms with E-state index in [1.54, 1.807) is 19.3 Å². The highest BCUT2D eigenvalue weighted by Gasteiger charge is 2.36. The topological polar surface area (TPSA) is 174 Å². The molecule has 8 heterocycles. The molecule has 4 aromatic rings. The number of benzene rings is 2. The summed E-state index contributed by atoms with van der Waals surface area (Å²) in [4.78, 5) is 66.0. The zero-order valence-corrected chi connectivity index (χ0v) is 51.5. The lowest BCUT2D eigenvalue weighted by Gasteiger charge is -2.41. The van der Waals surface area contributed by atoms with Crippen LogP contribution in [0.3, 0.4) is 0 Å². The van der Waals surface area contributed by atoms with Crippen LogP contribution in [0.2, 0.25) is 0 Å². The lowest BCUT2D eigenvalue weighted by Crippen LogP contribution is -2.56. The second kappa shape index (κ2) is 31.2. The van der Waals surface area contributed by atoms with Gasteiger partial charge in [-0.2, -0.15) is 19.9 Å².